The zero-order chi connectivity index (χ0) is 31.8. The van der Waals surface area contributed by atoms with Crippen molar-refractivity contribution in [3.63, 3.8) is 0 Å². The average molecular weight is 611 g/mol. The first kappa shape index (κ1) is 32.1. The van der Waals surface area contributed by atoms with Crippen LogP contribution in [0.4, 0.5) is 0 Å². The van der Waals surface area contributed by atoms with Gasteiger partial charge in [0.05, 0.1) is 11.1 Å². The van der Waals surface area contributed by atoms with Crippen molar-refractivity contribution in [1.82, 2.24) is 0 Å². The van der Waals surface area contributed by atoms with E-state index in [1.165, 1.54) is 31.3 Å². The third-order valence-corrected chi connectivity index (χ3v) is 12.9. The van der Waals surface area contributed by atoms with Gasteiger partial charge in [0.1, 0.15) is 12.2 Å². The highest BCUT2D eigenvalue weighted by molar-refractivity contribution is 5.89. The highest BCUT2D eigenvalue weighted by Gasteiger charge is 2.60. The molecule has 9 atom stereocenters. The Morgan fingerprint density at radius 1 is 0.800 bits per heavy atom. The van der Waals surface area contributed by atoms with Crippen LogP contribution in [0.15, 0.2) is 72.3 Å². The van der Waals surface area contributed by atoms with Gasteiger partial charge >= 0.3 is 11.9 Å². The van der Waals surface area contributed by atoms with Crippen molar-refractivity contribution in [2.45, 2.75) is 111 Å². The molecular formula is C41H54O4. The molecule has 0 saturated heterocycles. The van der Waals surface area contributed by atoms with E-state index in [9.17, 15) is 9.59 Å². The number of esters is 2. The summed E-state index contributed by atoms with van der Waals surface area (Å²) in [4.78, 5) is 26.0. The van der Waals surface area contributed by atoms with Gasteiger partial charge in [0.15, 0.2) is 0 Å². The number of allylic oxidation sites excluding steroid dienone is 1. The van der Waals surface area contributed by atoms with Crippen molar-refractivity contribution in [3.05, 3.63) is 83.4 Å². The molecule has 0 aliphatic heterocycles. The van der Waals surface area contributed by atoms with Crippen LogP contribution in [0.25, 0.3) is 0 Å². The van der Waals surface area contributed by atoms with Crippen LogP contribution in [0.1, 0.15) is 120 Å². The molecule has 2 aromatic rings. The molecule has 2 aromatic carbocycles. The molecule has 4 aliphatic rings. The number of rotatable bonds is 9. The monoisotopic (exact) mass is 610 g/mol. The van der Waals surface area contributed by atoms with E-state index in [1.807, 2.05) is 60.7 Å². The summed E-state index contributed by atoms with van der Waals surface area (Å²) >= 11 is 0. The Labute approximate surface area is 271 Å². The van der Waals surface area contributed by atoms with Crippen molar-refractivity contribution in [2.75, 3.05) is 0 Å². The Morgan fingerprint density at radius 2 is 1.47 bits per heavy atom. The number of hydrogen-bond donors (Lipinski definition) is 0. The van der Waals surface area contributed by atoms with Gasteiger partial charge < -0.3 is 9.47 Å². The second-order valence-electron chi connectivity index (χ2n) is 15.8. The van der Waals surface area contributed by atoms with E-state index in [0.717, 1.165) is 38.5 Å². The molecule has 0 heterocycles. The van der Waals surface area contributed by atoms with Crippen LogP contribution in [-0.4, -0.2) is 24.1 Å². The fraction of sp³-hybridized carbons (Fsp3) is 0.610. The first-order valence-corrected chi connectivity index (χ1v) is 17.8. The zero-order valence-electron chi connectivity index (χ0n) is 28.2. The number of carbonyl (C=O) groups is 2. The molecule has 4 aliphatic carbocycles. The first-order chi connectivity index (χ1) is 21.6. The van der Waals surface area contributed by atoms with Crippen LogP contribution < -0.4 is 0 Å². The van der Waals surface area contributed by atoms with Crippen LogP contribution in [0.5, 0.6) is 0 Å². The summed E-state index contributed by atoms with van der Waals surface area (Å²) < 4.78 is 12.4. The largest absolute Gasteiger partial charge is 0.458 e. The van der Waals surface area contributed by atoms with Crippen LogP contribution in [0.3, 0.4) is 0 Å². The number of hydrogen-bond acceptors (Lipinski definition) is 4. The third-order valence-electron chi connectivity index (χ3n) is 12.9. The fourth-order valence-corrected chi connectivity index (χ4v) is 10.4. The predicted octanol–water partition coefficient (Wildman–Crippen LogP) is 10.1. The second kappa shape index (κ2) is 13.1. The van der Waals surface area contributed by atoms with Crippen molar-refractivity contribution < 1.29 is 19.1 Å². The quantitative estimate of drug-likeness (QED) is 0.209. The Bertz CT molecular complexity index is 1360. The maximum Gasteiger partial charge on any atom is 0.338 e. The predicted molar refractivity (Wildman–Crippen MR) is 180 cm³/mol. The molecule has 242 valence electrons. The molecule has 6 rings (SSSR count). The van der Waals surface area contributed by atoms with Gasteiger partial charge in [-0.2, -0.15) is 0 Å². The SMILES string of the molecule is CC(C)CC[C@H](OC(=O)c1ccccc1)[C@@H](C)[C@H]1CC[C@H]2[C@@H]3CC=C4CC(OC(=O)c5ccccc5)CC[C@]4(C)[C@H]3CC[C@]12C. The highest BCUT2D eigenvalue weighted by Crippen LogP contribution is 2.67. The van der Waals surface area contributed by atoms with Crippen LogP contribution in [0, 0.1) is 46.3 Å². The van der Waals surface area contributed by atoms with E-state index in [2.05, 4.69) is 40.7 Å². The van der Waals surface area contributed by atoms with Gasteiger partial charge in [-0.3, -0.25) is 0 Å². The van der Waals surface area contributed by atoms with E-state index in [0.29, 0.717) is 46.6 Å². The number of fused-ring (bicyclic) bond motifs is 5. The van der Waals surface area contributed by atoms with Gasteiger partial charge in [-0.1, -0.05) is 82.7 Å². The van der Waals surface area contributed by atoms with Crippen LogP contribution in [-0.2, 0) is 9.47 Å². The van der Waals surface area contributed by atoms with E-state index < -0.39 is 0 Å². The lowest BCUT2D eigenvalue weighted by molar-refractivity contribution is -0.0722. The molecular weight excluding hydrogens is 556 g/mol. The van der Waals surface area contributed by atoms with Gasteiger partial charge in [-0.15, -0.1) is 0 Å². The number of ether oxygens (including phenoxy) is 2. The lowest BCUT2D eigenvalue weighted by atomic mass is 9.47. The summed E-state index contributed by atoms with van der Waals surface area (Å²) in [5, 5.41) is 0. The maximum atomic E-state index is 13.2. The lowest BCUT2D eigenvalue weighted by Gasteiger charge is -2.58. The Balaban J connectivity index is 1.15. The minimum Gasteiger partial charge on any atom is -0.458 e. The van der Waals surface area contributed by atoms with Crippen molar-refractivity contribution in [1.29, 1.82) is 0 Å². The van der Waals surface area contributed by atoms with E-state index in [1.54, 1.807) is 0 Å². The van der Waals surface area contributed by atoms with Crippen LogP contribution >= 0.6 is 0 Å². The molecule has 0 N–H and O–H groups in total. The molecule has 4 nitrogen and oxygen atoms in total. The molecule has 45 heavy (non-hydrogen) atoms. The minimum atomic E-state index is -0.195. The lowest BCUT2D eigenvalue weighted by Crippen LogP contribution is -2.51. The normalized spacial score (nSPS) is 33.6. The molecule has 0 amide bonds. The molecule has 3 fully saturated rings. The summed E-state index contributed by atoms with van der Waals surface area (Å²) in [6, 6.07) is 18.9. The first-order valence-electron chi connectivity index (χ1n) is 17.8. The van der Waals surface area contributed by atoms with Gasteiger partial charge in [0.2, 0.25) is 0 Å². The summed E-state index contributed by atoms with van der Waals surface area (Å²) in [6.07, 6.45) is 13.6. The Hall–Kier alpha value is -2.88. The number of carbonyl (C=O) groups excluding carboxylic acids is 2. The minimum absolute atomic E-state index is 0.0273. The summed E-state index contributed by atoms with van der Waals surface area (Å²) in [5.41, 5.74) is 3.31. The van der Waals surface area contributed by atoms with Crippen molar-refractivity contribution >= 4 is 11.9 Å². The molecule has 3 saturated carbocycles. The Morgan fingerprint density at radius 3 is 2.13 bits per heavy atom. The summed E-state index contributed by atoms with van der Waals surface area (Å²) in [6.45, 7) is 12.0. The highest BCUT2D eigenvalue weighted by atomic mass is 16.5. The van der Waals surface area contributed by atoms with E-state index in [-0.39, 0.29) is 35.0 Å². The molecule has 0 radical (unpaired) electrons. The van der Waals surface area contributed by atoms with Crippen molar-refractivity contribution in [3.8, 4) is 0 Å². The molecule has 0 bridgehead atoms. The molecule has 0 aromatic heterocycles. The maximum absolute atomic E-state index is 13.2. The van der Waals surface area contributed by atoms with Gasteiger partial charge in [-0.05, 0) is 128 Å². The molecule has 0 spiro atoms. The average Bonchev–Trinajstić information content (AvgIpc) is 3.40. The van der Waals surface area contributed by atoms with Crippen LogP contribution in [0.2, 0.25) is 0 Å². The smallest absolute Gasteiger partial charge is 0.338 e. The molecule has 1 unspecified atom stereocenters. The van der Waals surface area contributed by atoms with Gasteiger partial charge in [0.25, 0.3) is 0 Å². The fourth-order valence-electron chi connectivity index (χ4n) is 10.4. The van der Waals surface area contributed by atoms with Gasteiger partial charge in [0, 0.05) is 6.42 Å². The van der Waals surface area contributed by atoms with Gasteiger partial charge in [-0.25, -0.2) is 9.59 Å². The standard InChI is InChI=1S/C41H54O4/c1-27(2)16-21-37(45-39(43)30-14-10-7-11-15-30)28(3)34-19-20-35-33-18-17-31-26-32(44-38(42)29-12-8-6-9-13-29)22-24-40(31,4)36(33)23-25-41(34,35)5/h6-15,17,27-28,32-37H,16,18-26H2,1-5H3/t28-,32?,33-,34+,35-,36-,37-,40-,41+/m0/s1. The second-order valence-corrected chi connectivity index (χ2v) is 15.8. The third kappa shape index (κ3) is 6.28. The summed E-state index contributed by atoms with van der Waals surface area (Å²) in [5.74, 6) is 3.23. The van der Waals surface area contributed by atoms with E-state index in [4.69, 9.17) is 9.47 Å². The summed E-state index contributed by atoms with van der Waals surface area (Å²) in [7, 11) is 0. The Kier molecular flexibility index (Phi) is 9.33. The molecule has 4 heteroatoms. The number of benzene rings is 2. The van der Waals surface area contributed by atoms with Crippen molar-refractivity contribution in [2.24, 2.45) is 46.3 Å². The topological polar surface area (TPSA) is 52.6 Å². The van der Waals surface area contributed by atoms with E-state index >= 15 is 0 Å². The zero-order valence-corrected chi connectivity index (χ0v) is 28.2.